The van der Waals surface area contributed by atoms with Gasteiger partial charge in [0.1, 0.15) is 0 Å². The first-order valence-electron chi connectivity index (χ1n) is 4.27. The lowest BCUT2D eigenvalue weighted by Gasteiger charge is -2.31. The number of likely N-dealkylation sites (tertiary alicyclic amines) is 1. The molecule has 1 aliphatic rings. The smallest absolute Gasteiger partial charge is 0.245 e. The lowest BCUT2D eigenvalue weighted by Crippen LogP contribution is -2.43. The molecule has 4 heteroatoms. The number of aliphatic carboxylic acids is 1. The highest BCUT2D eigenvalue weighted by atomic mass is 16.4. The highest BCUT2D eigenvalue weighted by Gasteiger charge is 2.21. The first-order chi connectivity index (χ1) is 6.15. The molecule has 0 bridgehead atoms. The maximum absolute atomic E-state index is 11.1. The average Bonchev–Trinajstić information content (AvgIpc) is 2.17. The molecular formula is C9H12NO3-. The molecule has 1 heterocycles. The van der Waals surface area contributed by atoms with E-state index in [1.165, 1.54) is 6.08 Å². The second kappa shape index (κ2) is 4.07. The number of amides is 1. The number of piperidine rings is 1. The Balaban J connectivity index is 2.43. The fraction of sp³-hybridized carbons (Fsp3) is 0.556. The number of carboxylic acid groups (broad SMARTS) is 1. The van der Waals surface area contributed by atoms with Crippen LogP contribution < -0.4 is 5.11 Å². The summed E-state index contributed by atoms with van der Waals surface area (Å²) in [5, 5.41) is 10.5. The Hall–Kier alpha value is -1.32. The largest absolute Gasteiger partial charge is 0.550 e. The predicted octanol–water partition coefficient (Wildman–Crippen LogP) is -0.839. The minimum atomic E-state index is -1.01. The van der Waals surface area contributed by atoms with Crippen molar-refractivity contribution in [2.75, 3.05) is 13.1 Å². The maximum Gasteiger partial charge on any atom is 0.245 e. The summed E-state index contributed by atoms with van der Waals surface area (Å²) in [6.45, 7) is 4.35. The minimum absolute atomic E-state index is 0.128. The maximum atomic E-state index is 11.1. The number of carbonyl (C=O) groups excluding carboxylic acids is 2. The van der Waals surface area contributed by atoms with Gasteiger partial charge in [-0.1, -0.05) is 6.58 Å². The van der Waals surface area contributed by atoms with Crippen molar-refractivity contribution in [3.63, 3.8) is 0 Å². The number of carboxylic acids is 1. The summed E-state index contributed by atoms with van der Waals surface area (Å²) in [5.41, 5.74) is 0. The molecule has 13 heavy (non-hydrogen) atoms. The lowest BCUT2D eigenvalue weighted by molar-refractivity contribution is -0.312. The summed E-state index contributed by atoms with van der Waals surface area (Å²) in [7, 11) is 0. The van der Waals surface area contributed by atoms with E-state index in [1.807, 2.05) is 0 Å². The zero-order valence-corrected chi connectivity index (χ0v) is 7.36. The molecule has 0 unspecified atom stereocenters. The first kappa shape index (κ1) is 9.77. The van der Waals surface area contributed by atoms with Crippen molar-refractivity contribution >= 4 is 11.9 Å². The summed E-state index contributed by atoms with van der Waals surface area (Å²) < 4.78 is 0. The van der Waals surface area contributed by atoms with Crippen LogP contribution in [-0.2, 0) is 9.59 Å². The summed E-state index contributed by atoms with van der Waals surface area (Å²) >= 11 is 0. The summed E-state index contributed by atoms with van der Waals surface area (Å²) in [4.78, 5) is 23.2. The van der Waals surface area contributed by atoms with Crippen LogP contribution in [0.4, 0.5) is 0 Å². The molecule has 0 aliphatic carbocycles. The fourth-order valence-corrected chi connectivity index (χ4v) is 1.46. The standard InChI is InChI=1S/C9H13NO3/c1-2-8(11)10-5-3-7(4-6-10)9(12)13/h2,7H,1,3-6H2,(H,12,13)/p-1. The van der Waals surface area contributed by atoms with Crippen LogP contribution in [0, 0.1) is 5.92 Å². The van der Waals surface area contributed by atoms with Gasteiger partial charge < -0.3 is 14.8 Å². The molecule has 1 rings (SSSR count). The van der Waals surface area contributed by atoms with Crippen LogP contribution in [-0.4, -0.2) is 29.9 Å². The highest BCUT2D eigenvalue weighted by Crippen LogP contribution is 2.16. The van der Waals surface area contributed by atoms with Crippen LogP contribution >= 0.6 is 0 Å². The van der Waals surface area contributed by atoms with E-state index in [1.54, 1.807) is 4.90 Å². The van der Waals surface area contributed by atoms with Crippen LogP contribution in [0.3, 0.4) is 0 Å². The van der Waals surface area contributed by atoms with E-state index >= 15 is 0 Å². The number of carbonyl (C=O) groups is 2. The Bertz CT molecular complexity index is 229. The minimum Gasteiger partial charge on any atom is -0.550 e. The van der Waals surface area contributed by atoms with E-state index in [-0.39, 0.29) is 5.91 Å². The quantitative estimate of drug-likeness (QED) is 0.523. The van der Waals surface area contributed by atoms with Gasteiger partial charge in [-0.15, -0.1) is 0 Å². The molecular weight excluding hydrogens is 170 g/mol. The number of hydrogen-bond donors (Lipinski definition) is 0. The van der Waals surface area contributed by atoms with Gasteiger partial charge in [-0.25, -0.2) is 0 Å². The van der Waals surface area contributed by atoms with Crippen molar-refractivity contribution in [2.24, 2.45) is 5.92 Å². The Morgan fingerprint density at radius 2 is 1.92 bits per heavy atom. The van der Waals surface area contributed by atoms with Crippen molar-refractivity contribution in [3.8, 4) is 0 Å². The van der Waals surface area contributed by atoms with E-state index < -0.39 is 11.9 Å². The summed E-state index contributed by atoms with van der Waals surface area (Å²) in [6.07, 6.45) is 2.23. The molecule has 0 atom stereocenters. The van der Waals surface area contributed by atoms with Crippen molar-refractivity contribution in [2.45, 2.75) is 12.8 Å². The van der Waals surface area contributed by atoms with Crippen LogP contribution in [0.25, 0.3) is 0 Å². The van der Waals surface area contributed by atoms with Gasteiger partial charge in [-0.05, 0) is 18.9 Å². The molecule has 0 aromatic carbocycles. The van der Waals surface area contributed by atoms with E-state index in [0.29, 0.717) is 25.9 Å². The lowest BCUT2D eigenvalue weighted by atomic mass is 9.97. The van der Waals surface area contributed by atoms with Gasteiger partial charge in [-0.3, -0.25) is 4.79 Å². The summed E-state index contributed by atoms with van der Waals surface area (Å²) in [5.74, 6) is -1.53. The molecule has 1 amide bonds. The predicted molar refractivity (Wildman–Crippen MR) is 44.5 cm³/mol. The third-order valence-corrected chi connectivity index (χ3v) is 2.31. The van der Waals surface area contributed by atoms with Gasteiger partial charge in [0.2, 0.25) is 5.91 Å². The molecule has 0 aromatic heterocycles. The normalized spacial score (nSPS) is 18.3. The molecule has 72 valence electrons. The van der Waals surface area contributed by atoms with Crippen LogP contribution in [0.1, 0.15) is 12.8 Å². The van der Waals surface area contributed by atoms with Crippen LogP contribution in [0.15, 0.2) is 12.7 Å². The third-order valence-electron chi connectivity index (χ3n) is 2.31. The molecule has 0 spiro atoms. The second-order valence-corrected chi connectivity index (χ2v) is 3.12. The topological polar surface area (TPSA) is 60.4 Å². The van der Waals surface area contributed by atoms with Crippen molar-refractivity contribution < 1.29 is 14.7 Å². The van der Waals surface area contributed by atoms with E-state index in [0.717, 1.165) is 0 Å². The summed E-state index contributed by atoms with van der Waals surface area (Å²) in [6, 6.07) is 0. The van der Waals surface area contributed by atoms with Gasteiger partial charge in [0.25, 0.3) is 0 Å². The number of hydrogen-bond acceptors (Lipinski definition) is 3. The Morgan fingerprint density at radius 1 is 1.38 bits per heavy atom. The van der Waals surface area contributed by atoms with E-state index in [2.05, 4.69) is 6.58 Å². The van der Waals surface area contributed by atoms with Gasteiger partial charge in [0.05, 0.1) is 0 Å². The fourth-order valence-electron chi connectivity index (χ4n) is 1.46. The van der Waals surface area contributed by atoms with Gasteiger partial charge in [0, 0.05) is 25.0 Å². The zero-order chi connectivity index (χ0) is 9.84. The second-order valence-electron chi connectivity index (χ2n) is 3.12. The number of rotatable bonds is 2. The van der Waals surface area contributed by atoms with Crippen LogP contribution in [0.2, 0.25) is 0 Å². The Morgan fingerprint density at radius 3 is 2.31 bits per heavy atom. The highest BCUT2D eigenvalue weighted by molar-refractivity contribution is 5.87. The third kappa shape index (κ3) is 2.31. The average molecular weight is 182 g/mol. The first-order valence-corrected chi connectivity index (χ1v) is 4.27. The van der Waals surface area contributed by atoms with Crippen molar-refractivity contribution in [3.05, 3.63) is 12.7 Å². The van der Waals surface area contributed by atoms with Crippen molar-refractivity contribution in [1.82, 2.24) is 4.90 Å². The molecule has 0 N–H and O–H groups in total. The van der Waals surface area contributed by atoms with Crippen LogP contribution in [0.5, 0.6) is 0 Å². The van der Waals surface area contributed by atoms with Gasteiger partial charge in [-0.2, -0.15) is 0 Å². The monoisotopic (exact) mass is 182 g/mol. The van der Waals surface area contributed by atoms with E-state index in [4.69, 9.17) is 0 Å². The molecule has 1 saturated heterocycles. The molecule has 0 radical (unpaired) electrons. The van der Waals surface area contributed by atoms with E-state index in [9.17, 15) is 14.7 Å². The zero-order valence-electron chi connectivity index (χ0n) is 7.36. The van der Waals surface area contributed by atoms with Gasteiger partial charge in [0.15, 0.2) is 0 Å². The number of nitrogens with zero attached hydrogens (tertiary/aromatic N) is 1. The Kier molecular flexibility index (Phi) is 3.06. The van der Waals surface area contributed by atoms with Crippen molar-refractivity contribution in [1.29, 1.82) is 0 Å². The SMILES string of the molecule is C=CC(=O)N1CCC(C(=O)[O-])CC1. The molecule has 0 saturated carbocycles. The molecule has 0 aromatic rings. The molecule has 4 nitrogen and oxygen atoms in total. The molecule has 1 fully saturated rings. The molecule has 1 aliphatic heterocycles. The Labute approximate surface area is 76.8 Å². The van der Waals surface area contributed by atoms with Gasteiger partial charge >= 0.3 is 0 Å².